The third-order valence-corrected chi connectivity index (χ3v) is 3.84. The van der Waals surface area contributed by atoms with Gasteiger partial charge in [-0.3, -0.25) is 9.78 Å². The normalized spacial score (nSPS) is 13.9. The molecule has 100 valence electrons. The second-order valence-corrected chi connectivity index (χ2v) is 5.28. The van der Waals surface area contributed by atoms with Crippen LogP contribution in [0.1, 0.15) is 27.9 Å². The van der Waals surface area contributed by atoms with E-state index >= 15 is 0 Å². The summed E-state index contributed by atoms with van der Waals surface area (Å²) in [4.78, 5) is 16.1. The number of pyridine rings is 1. The van der Waals surface area contributed by atoms with E-state index in [2.05, 4.69) is 4.98 Å². The lowest BCUT2D eigenvalue weighted by Crippen LogP contribution is -2.36. The van der Waals surface area contributed by atoms with Gasteiger partial charge in [0.25, 0.3) is 0 Å². The Balaban J connectivity index is 1.82. The molecule has 0 aliphatic carbocycles. The lowest BCUT2D eigenvalue weighted by atomic mass is 9.53. The molecule has 1 aromatic heterocycles. The van der Waals surface area contributed by atoms with Crippen molar-refractivity contribution in [3.05, 3.63) is 59.4 Å². The van der Waals surface area contributed by atoms with Crippen molar-refractivity contribution in [2.24, 2.45) is 0 Å². The molecule has 0 saturated carbocycles. The minimum absolute atomic E-state index is 0.0587. The Bertz CT molecular complexity index is 628. The van der Waals surface area contributed by atoms with E-state index in [1.165, 1.54) is 5.56 Å². The Morgan fingerprint density at radius 1 is 1.35 bits per heavy atom. The Hall–Kier alpha value is -1.94. The van der Waals surface area contributed by atoms with Gasteiger partial charge in [0.1, 0.15) is 0 Å². The zero-order chi connectivity index (χ0) is 13.9. The fraction of sp³-hybridized carbons (Fsp3) is 0.250. The summed E-state index contributed by atoms with van der Waals surface area (Å²) in [5, 5.41) is 10.0. The van der Waals surface area contributed by atoms with Gasteiger partial charge in [0.05, 0.1) is 0 Å². The van der Waals surface area contributed by atoms with Gasteiger partial charge in [0, 0.05) is 24.4 Å². The van der Waals surface area contributed by atoms with Gasteiger partial charge in [-0.05, 0) is 35.9 Å². The quantitative estimate of drug-likeness (QED) is 0.678. The molecule has 0 unspecified atom stereocenters. The minimum atomic E-state index is -0.382. The zero-order valence-corrected chi connectivity index (χ0v) is 11.2. The largest absolute Gasteiger partial charge is 0.446 e. The van der Waals surface area contributed by atoms with E-state index in [1.54, 1.807) is 24.5 Å². The fourth-order valence-corrected chi connectivity index (χ4v) is 2.75. The predicted octanol–water partition coefficient (Wildman–Crippen LogP) is 1.64. The Morgan fingerprint density at radius 2 is 2.25 bits per heavy atom. The minimum Gasteiger partial charge on any atom is -0.446 e. The van der Waals surface area contributed by atoms with Crippen LogP contribution in [0.15, 0.2) is 42.7 Å². The molecule has 4 heteroatoms. The van der Waals surface area contributed by atoms with Crippen LogP contribution in [-0.4, -0.2) is 22.7 Å². The number of carbonyl (C=O) groups is 1. The summed E-state index contributed by atoms with van der Waals surface area (Å²) in [6, 6.07) is 9.56. The molecule has 3 rings (SSSR count). The average Bonchev–Trinajstić information content (AvgIpc) is 2.49. The summed E-state index contributed by atoms with van der Waals surface area (Å²) < 4.78 is 0. The van der Waals surface area contributed by atoms with E-state index < -0.39 is 0 Å². The number of benzene rings is 1. The number of aryl methyl sites for hydroxylation is 1. The van der Waals surface area contributed by atoms with E-state index in [0.717, 1.165) is 30.2 Å². The van der Waals surface area contributed by atoms with E-state index in [-0.39, 0.29) is 12.7 Å². The molecule has 1 aliphatic rings. The summed E-state index contributed by atoms with van der Waals surface area (Å²) >= 11 is 0. The number of ketones is 1. The van der Waals surface area contributed by atoms with Crippen LogP contribution in [0.25, 0.3) is 0 Å². The molecule has 0 saturated heterocycles. The number of nitrogens with zero attached hydrogens (tertiary/aromatic N) is 1. The number of fused-ring (bicyclic) bond motifs is 1. The van der Waals surface area contributed by atoms with Gasteiger partial charge in [-0.2, -0.15) is 0 Å². The van der Waals surface area contributed by atoms with Crippen molar-refractivity contribution in [2.45, 2.75) is 25.6 Å². The van der Waals surface area contributed by atoms with Crippen LogP contribution in [-0.2, 0) is 12.8 Å². The number of hydrogen-bond acceptors (Lipinski definition) is 3. The van der Waals surface area contributed by atoms with Gasteiger partial charge in [0.15, 0.2) is 5.78 Å². The number of carbonyl (C=O) groups excluding carboxylic acids is 1. The predicted molar refractivity (Wildman–Crippen MR) is 79.4 cm³/mol. The smallest absolute Gasteiger partial charge is 0.323 e. The summed E-state index contributed by atoms with van der Waals surface area (Å²) in [5.74, 6) is 0.0587. The molecule has 0 radical (unpaired) electrons. The molecule has 0 bridgehead atoms. The second kappa shape index (κ2) is 5.59. The number of hydrogen-bond donors (Lipinski definition) is 1. The topological polar surface area (TPSA) is 50.2 Å². The van der Waals surface area contributed by atoms with Crippen molar-refractivity contribution in [2.75, 3.05) is 0 Å². The van der Waals surface area contributed by atoms with Crippen LogP contribution in [0.3, 0.4) is 0 Å². The summed E-state index contributed by atoms with van der Waals surface area (Å²) in [6.45, 7) is -0.382. The highest BCUT2D eigenvalue weighted by Gasteiger charge is 2.22. The zero-order valence-electron chi connectivity index (χ0n) is 11.2. The first kappa shape index (κ1) is 13.1. The third kappa shape index (κ3) is 2.65. The van der Waals surface area contributed by atoms with Crippen molar-refractivity contribution in [1.82, 2.24) is 4.98 Å². The van der Waals surface area contributed by atoms with Gasteiger partial charge >= 0.3 is 6.92 Å². The fourth-order valence-electron chi connectivity index (χ4n) is 2.75. The molecule has 0 amide bonds. The molecule has 1 aromatic carbocycles. The standard InChI is InChI=1S/C16H16BNO2/c19-16(14-4-2-8-18-11-14)10-12-5-6-13-3-1-7-17(20)15(13)9-12/h2,4-6,8-9,11,20H,1,3,7,10H2. The van der Waals surface area contributed by atoms with E-state index in [0.29, 0.717) is 12.0 Å². The highest BCUT2D eigenvalue weighted by atomic mass is 16.2. The van der Waals surface area contributed by atoms with Crippen LogP contribution in [0.2, 0.25) is 6.32 Å². The van der Waals surface area contributed by atoms with Crippen molar-refractivity contribution < 1.29 is 9.82 Å². The summed E-state index contributed by atoms with van der Waals surface area (Å²) in [7, 11) is 0. The first-order valence-corrected chi connectivity index (χ1v) is 6.97. The molecule has 1 N–H and O–H groups in total. The molecule has 20 heavy (non-hydrogen) atoms. The van der Waals surface area contributed by atoms with E-state index in [1.807, 2.05) is 18.2 Å². The molecule has 0 atom stereocenters. The average molecular weight is 265 g/mol. The molecule has 2 heterocycles. The van der Waals surface area contributed by atoms with Crippen molar-refractivity contribution in [3.8, 4) is 0 Å². The second-order valence-electron chi connectivity index (χ2n) is 5.28. The number of rotatable bonds is 3. The number of aromatic nitrogens is 1. The van der Waals surface area contributed by atoms with E-state index in [4.69, 9.17) is 0 Å². The van der Waals surface area contributed by atoms with E-state index in [9.17, 15) is 9.82 Å². The maximum Gasteiger partial charge on any atom is 0.323 e. The first-order valence-electron chi connectivity index (χ1n) is 6.97. The lowest BCUT2D eigenvalue weighted by molar-refractivity contribution is 0.0992. The van der Waals surface area contributed by atoms with Gasteiger partial charge in [-0.25, -0.2) is 0 Å². The summed E-state index contributed by atoms with van der Waals surface area (Å²) in [6.07, 6.45) is 6.46. The van der Waals surface area contributed by atoms with Gasteiger partial charge < -0.3 is 5.02 Å². The van der Waals surface area contributed by atoms with Gasteiger partial charge in [-0.15, -0.1) is 0 Å². The lowest BCUT2D eigenvalue weighted by Gasteiger charge is -2.19. The SMILES string of the molecule is O=C(Cc1ccc2c(c1)B(O)CCC2)c1cccnc1. The Labute approximate surface area is 118 Å². The summed E-state index contributed by atoms with van der Waals surface area (Å²) in [5.41, 5.74) is 3.79. The molecular weight excluding hydrogens is 249 g/mol. The Morgan fingerprint density at radius 3 is 3.05 bits per heavy atom. The van der Waals surface area contributed by atoms with Crippen LogP contribution >= 0.6 is 0 Å². The van der Waals surface area contributed by atoms with Crippen LogP contribution < -0.4 is 5.46 Å². The maximum absolute atomic E-state index is 12.2. The van der Waals surface area contributed by atoms with Crippen molar-refractivity contribution in [1.29, 1.82) is 0 Å². The Kier molecular flexibility index (Phi) is 3.65. The highest BCUT2D eigenvalue weighted by Crippen LogP contribution is 2.15. The van der Waals surface area contributed by atoms with Crippen LogP contribution in [0.4, 0.5) is 0 Å². The molecule has 0 spiro atoms. The third-order valence-electron chi connectivity index (χ3n) is 3.84. The van der Waals surface area contributed by atoms with Gasteiger partial charge in [-0.1, -0.05) is 30.2 Å². The highest BCUT2D eigenvalue weighted by molar-refractivity contribution is 6.67. The van der Waals surface area contributed by atoms with Crippen LogP contribution in [0, 0.1) is 0 Å². The maximum atomic E-state index is 12.2. The van der Waals surface area contributed by atoms with Gasteiger partial charge in [0.2, 0.25) is 0 Å². The molecule has 1 aliphatic heterocycles. The molecule has 2 aromatic rings. The number of Topliss-reactive ketones (excluding diaryl/α,β-unsaturated/α-hetero) is 1. The molecular formula is C16H16BNO2. The van der Waals surface area contributed by atoms with Crippen molar-refractivity contribution in [3.63, 3.8) is 0 Å². The molecule has 0 fully saturated rings. The first-order chi connectivity index (χ1) is 9.74. The van der Waals surface area contributed by atoms with Crippen LogP contribution in [0.5, 0.6) is 0 Å². The monoisotopic (exact) mass is 265 g/mol. The molecule has 3 nitrogen and oxygen atoms in total. The van der Waals surface area contributed by atoms with Crippen molar-refractivity contribution >= 4 is 18.2 Å².